The summed E-state index contributed by atoms with van der Waals surface area (Å²) < 4.78 is 5.11. The summed E-state index contributed by atoms with van der Waals surface area (Å²) in [5, 5.41) is 2.75. The number of carbonyl (C=O) groups is 10. The van der Waals surface area contributed by atoms with Crippen molar-refractivity contribution in [1.29, 1.82) is 0 Å². The van der Waals surface area contributed by atoms with Gasteiger partial charge in [-0.15, -0.1) is 0 Å². The number of amides is 10. The minimum atomic E-state index is -0.470. The predicted molar refractivity (Wildman–Crippen MR) is 360 cm³/mol. The maximum absolute atomic E-state index is 12.9. The highest BCUT2D eigenvalue weighted by Gasteiger charge is 2.44. The van der Waals surface area contributed by atoms with Gasteiger partial charge in [-0.25, -0.2) is 0 Å². The molecule has 0 saturated heterocycles. The molecule has 18 rings (SSSR count). The smallest absolute Gasteiger partial charge is 0.263 e. The van der Waals surface area contributed by atoms with E-state index in [1.807, 2.05) is 55.5 Å². The lowest BCUT2D eigenvalue weighted by atomic mass is 10.0. The third-order valence-corrected chi connectivity index (χ3v) is 18.7. The van der Waals surface area contributed by atoms with E-state index < -0.39 is 23.6 Å². The third kappa shape index (κ3) is 10.8. The Morgan fingerprint density at radius 2 is 0.798 bits per heavy atom. The summed E-state index contributed by atoms with van der Waals surface area (Å²) in [7, 11) is 1.55. The highest BCUT2D eigenvalue weighted by molar-refractivity contribution is 6.32. The normalized spacial score (nSPS) is 15.6. The highest BCUT2D eigenvalue weighted by atomic mass is 35.5. The Hall–Kier alpha value is -12.6. The van der Waals surface area contributed by atoms with E-state index >= 15 is 0 Å². The Morgan fingerprint density at radius 1 is 0.394 bits per heavy atom. The van der Waals surface area contributed by atoms with E-state index in [2.05, 4.69) is 58.1 Å². The van der Waals surface area contributed by atoms with E-state index in [4.69, 9.17) is 16.3 Å². The van der Waals surface area contributed by atoms with E-state index in [0.717, 1.165) is 54.3 Å². The molecule has 4 aromatic heterocycles. The summed E-state index contributed by atoms with van der Waals surface area (Å²) in [6, 6.07) is 33.8. The molecule has 9 aromatic rings. The summed E-state index contributed by atoms with van der Waals surface area (Å²) in [6.45, 7) is 4.37. The second-order valence-corrected chi connectivity index (χ2v) is 24.5. The quantitative estimate of drug-likeness (QED) is 0.110. The molecule has 0 aliphatic carbocycles. The van der Waals surface area contributed by atoms with Gasteiger partial charge >= 0.3 is 0 Å². The SMILES string of the molecule is COc1ccc(CN2C(=O)c3cnc4c(c3C2=O)C=NC4)c(Cl)c1.Cc1cccc(CN2C(=O)c3cnc4c(c3C2=O)C=NC4)c1.O=C1c2ccccc2C(=O)N1CCN1C(=O)c2cnc3c(c2C1=O)C=NC3.O=C1c2cnc3c(c2C(=O)N1CCc1cccc2ccccc12)C=NC3. The molecule has 0 spiro atoms. The van der Waals surface area contributed by atoms with Crippen molar-refractivity contribution >= 4 is 106 Å². The summed E-state index contributed by atoms with van der Waals surface area (Å²) >= 11 is 6.22. The molecule has 0 N–H and O–H groups in total. The van der Waals surface area contributed by atoms with Gasteiger partial charge < -0.3 is 4.74 Å². The number of rotatable bonds is 11. The van der Waals surface area contributed by atoms with Gasteiger partial charge in [-0.05, 0) is 65.1 Å². The number of nitrogens with zero attached hydrogens (tertiary/aromatic N) is 13. The summed E-state index contributed by atoms with van der Waals surface area (Å²) in [5.74, 6) is -2.87. The number of aromatic nitrogens is 4. The number of halogens is 1. The Labute approximate surface area is 567 Å². The van der Waals surface area contributed by atoms with Crippen molar-refractivity contribution in [2.75, 3.05) is 26.7 Å². The Morgan fingerprint density at radius 3 is 1.27 bits per heavy atom. The van der Waals surface area contributed by atoms with Crippen molar-refractivity contribution in [3.05, 3.63) is 262 Å². The zero-order valence-corrected chi connectivity index (χ0v) is 53.5. The average Bonchev–Trinajstić information content (AvgIpc) is 1.62. The van der Waals surface area contributed by atoms with Crippen molar-refractivity contribution < 1.29 is 52.7 Å². The van der Waals surface area contributed by atoms with Crippen LogP contribution in [-0.2, 0) is 45.7 Å². The molecule has 9 aliphatic heterocycles. The molecule has 0 atom stereocenters. The first kappa shape index (κ1) is 62.5. The van der Waals surface area contributed by atoms with Crippen LogP contribution in [0.15, 0.2) is 154 Å². The van der Waals surface area contributed by atoms with Crippen molar-refractivity contribution in [2.45, 2.75) is 52.6 Å². The molecule has 10 amide bonds. The molecule has 5 aromatic carbocycles. The molecule has 486 valence electrons. The van der Waals surface area contributed by atoms with E-state index in [1.165, 1.54) is 39.5 Å². The van der Waals surface area contributed by atoms with Crippen LogP contribution in [0, 0.1) is 6.92 Å². The summed E-state index contributed by atoms with van der Waals surface area (Å²) in [5.41, 5.74) is 13.0. The monoisotopic (exact) mass is 1330 g/mol. The van der Waals surface area contributed by atoms with Gasteiger partial charge in [0.05, 0.1) is 125 Å². The van der Waals surface area contributed by atoms with Crippen LogP contribution in [-0.4, -0.2) is 155 Å². The van der Waals surface area contributed by atoms with Crippen LogP contribution >= 0.6 is 11.6 Å². The maximum atomic E-state index is 12.9. The number of pyridine rings is 4. The number of carbonyl (C=O) groups excluding carboxylic acids is 10. The second kappa shape index (κ2) is 25.2. The molecule has 25 heteroatoms. The van der Waals surface area contributed by atoms with Gasteiger partial charge in [0.2, 0.25) is 0 Å². The van der Waals surface area contributed by atoms with E-state index in [-0.39, 0.29) is 67.2 Å². The topological polar surface area (TPSA) is 297 Å². The summed E-state index contributed by atoms with van der Waals surface area (Å²) in [4.78, 5) is 166. The summed E-state index contributed by atoms with van der Waals surface area (Å²) in [6.07, 6.45) is 12.9. The van der Waals surface area contributed by atoms with E-state index in [9.17, 15) is 47.9 Å². The van der Waals surface area contributed by atoms with Gasteiger partial charge in [0.25, 0.3) is 59.1 Å². The van der Waals surface area contributed by atoms with Gasteiger partial charge in [0, 0.05) is 96.6 Å². The van der Waals surface area contributed by atoms with Gasteiger partial charge in [0.15, 0.2) is 0 Å². The number of ether oxygens (including phenoxy) is 1. The lowest BCUT2D eigenvalue weighted by Crippen LogP contribution is -2.40. The lowest BCUT2D eigenvalue weighted by molar-refractivity contribution is 0.0560. The Kier molecular flexibility index (Phi) is 15.9. The van der Waals surface area contributed by atoms with E-state index in [1.54, 1.807) is 74.4 Å². The number of aryl methyl sites for hydroxylation is 1. The molecular formula is C74H52ClN13O11. The Balaban J connectivity index is 0.000000108. The van der Waals surface area contributed by atoms with Gasteiger partial charge in [-0.2, -0.15) is 0 Å². The number of methoxy groups -OCH3 is 1. The fourth-order valence-electron chi connectivity index (χ4n) is 13.3. The second-order valence-electron chi connectivity index (χ2n) is 24.1. The number of hydrogen-bond acceptors (Lipinski definition) is 19. The minimum Gasteiger partial charge on any atom is -0.497 e. The maximum Gasteiger partial charge on any atom is 0.263 e. The van der Waals surface area contributed by atoms with Gasteiger partial charge in [-0.3, -0.25) is 112 Å². The lowest BCUT2D eigenvalue weighted by Gasteiger charge is -2.18. The van der Waals surface area contributed by atoms with Crippen LogP contribution in [0.2, 0.25) is 5.02 Å². The van der Waals surface area contributed by atoms with Crippen LogP contribution in [0.25, 0.3) is 10.8 Å². The Bertz CT molecular complexity index is 5250. The molecular weight excluding hydrogens is 1280 g/mol. The third-order valence-electron chi connectivity index (χ3n) is 18.3. The van der Waals surface area contributed by atoms with Crippen LogP contribution in [0.3, 0.4) is 0 Å². The van der Waals surface area contributed by atoms with Crippen molar-refractivity contribution in [3.8, 4) is 5.75 Å². The molecule has 99 heavy (non-hydrogen) atoms. The number of imide groups is 5. The zero-order chi connectivity index (χ0) is 68.5. The highest BCUT2D eigenvalue weighted by Crippen LogP contribution is 2.36. The zero-order valence-electron chi connectivity index (χ0n) is 52.8. The molecule has 0 radical (unpaired) electrons. The van der Waals surface area contributed by atoms with Crippen LogP contribution in [0.4, 0.5) is 0 Å². The largest absolute Gasteiger partial charge is 0.497 e. The fraction of sp³-hybridized carbons (Fsp3) is 0.162. The molecule has 24 nitrogen and oxygen atoms in total. The van der Waals surface area contributed by atoms with Crippen molar-refractivity contribution in [3.63, 3.8) is 0 Å². The van der Waals surface area contributed by atoms with Crippen LogP contribution < -0.4 is 4.74 Å². The van der Waals surface area contributed by atoms with Crippen LogP contribution in [0.5, 0.6) is 5.75 Å². The predicted octanol–water partition coefficient (Wildman–Crippen LogP) is 8.50. The molecule has 0 unspecified atom stereocenters. The van der Waals surface area contributed by atoms with Crippen molar-refractivity contribution in [2.24, 2.45) is 20.0 Å². The van der Waals surface area contributed by atoms with Gasteiger partial charge in [-0.1, -0.05) is 102 Å². The number of hydrogen-bond donors (Lipinski definition) is 0. The standard InChI is InChI=1S/C21H15N3O2.C19H12N4O4.C17H12ClN3O3.C17H13N3O2/c25-20-17-11-23-18-12-22-10-16(18)19(17)21(26)24(20)9-8-14-6-3-5-13-4-1-2-7-15(13)14;24-16-10-3-1-2-4-11(10)17(25)22(16)5-6-23-18(26)13-8-21-14-9-20-7-12(14)15(13)19(23)27;1-24-10-3-2-9(13(18)4-10)8-21-16(22)12-6-20-14-7-19-5-11(14)15(12)17(21)23;1-10-3-2-4-11(5-10)9-20-16(21)13-7-19-14-8-18-6-12(14)15(13)17(20)22/h1-7,10-11H,8-9,12H2;1-4,7-8H,5-6,9H2;2-6H,7-8H2,1H3;2-7H,8-9H2,1H3. The average molecular weight is 1330 g/mol. The van der Waals surface area contributed by atoms with Gasteiger partial charge in [0.1, 0.15) is 5.75 Å². The minimum absolute atomic E-state index is 0.0540. The number of fused-ring (bicyclic) bond motifs is 14. The first-order valence-electron chi connectivity index (χ1n) is 31.4. The van der Waals surface area contributed by atoms with Crippen molar-refractivity contribution in [1.82, 2.24) is 44.4 Å². The van der Waals surface area contributed by atoms with Crippen LogP contribution in [0.1, 0.15) is 171 Å². The molecule has 13 heterocycles. The number of aliphatic imine (C=N–C) groups is 4. The number of benzene rings is 5. The molecule has 0 bridgehead atoms. The molecule has 0 saturated carbocycles. The molecule has 0 fully saturated rings. The first-order chi connectivity index (χ1) is 48.1. The molecule has 9 aliphatic rings. The fourth-order valence-corrected chi connectivity index (χ4v) is 13.5. The van der Waals surface area contributed by atoms with E-state index in [0.29, 0.717) is 133 Å². The first-order valence-corrected chi connectivity index (χ1v) is 31.8.